The highest BCUT2D eigenvalue weighted by atomic mass is 16.6. The van der Waals surface area contributed by atoms with Crippen LogP contribution in [0.2, 0.25) is 0 Å². The Labute approximate surface area is 174 Å². The molecule has 0 aliphatic rings. The number of nitrogens with one attached hydrogen (secondary N) is 2. The number of non-ortho nitro benzene ring substituents is 1. The molecule has 0 spiro atoms. The smallest absolute Gasteiger partial charge is 0.269 e. The second-order valence-corrected chi connectivity index (χ2v) is 6.74. The molecule has 0 saturated heterocycles. The van der Waals surface area contributed by atoms with Crippen molar-refractivity contribution in [1.29, 1.82) is 0 Å². The first-order valence-corrected chi connectivity index (χ1v) is 9.67. The molecule has 8 heteroatoms. The van der Waals surface area contributed by atoms with Crippen molar-refractivity contribution in [3.63, 3.8) is 0 Å². The van der Waals surface area contributed by atoms with E-state index in [-0.39, 0.29) is 11.6 Å². The number of hydrogen-bond donors (Lipinski definition) is 2. The molecule has 1 aromatic carbocycles. The van der Waals surface area contributed by atoms with Gasteiger partial charge in [-0.25, -0.2) is 0 Å². The summed E-state index contributed by atoms with van der Waals surface area (Å²) in [5.74, 6) is -0.173. The lowest BCUT2D eigenvalue weighted by Crippen LogP contribution is -2.39. The highest BCUT2D eigenvalue weighted by molar-refractivity contribution is 5.83. The minimum absolute atomic E-state index is 0.00705. The molecule has 0 radical (unpaired) electrons. The highest BCUT2D eigenvalue weighted by Crippen LogP contribution is 2.18. The third kappa shape index (κ3) is 6.18. The number of amides is 1. The Morgan fingerprint density at radius 3 is 1.93 bits per heavy atom. The number of nitro benzene ring substituents is 1. The standard InChI is InChI=1S/C22H23N5O3/c28-22(26-16-10-18-7-13-24-14-8-18)21(19-1-3-20(4-2-19)27(29)30)25-15-9-17-5-11-23-12-6-17/h1-8,11-14,21,25H,9-10,15-16H2,(H,26,28). The van der Waals surface area contributed by atoms with Crippen molar-refractivity contribution >= 4 is 11.6 Å². The molecule has 3 rings (SSSR count). The summed E-state index contributed by atoms with van der Waals surface area (Å²) in [5.41, 5.74) is 2.87. The maximum Gasteiger partial charge on any atom is 0.269 e. The van der Waals surface area contributed by atoms with Crippen LogP contribution in [0.1, 0.15) is 22.7 Å². The van der Waals surface area contributed by atoms with Crippen LogP contribution in [0.5, 0.6) is 0 Å². The largest absolute Gasteiger partial charge is 0.354 e. The van der Waals surface area contributed by atoms with E-state index >= 15 is 0 Å². The Morgan fingerprint density at radius 1 is 0.867 bits per heavy atom. The van der Waals surface area contributed by atoms with Crippen LogP contribution in [0.25, 0.3) is 0 Å². The molecular formula is C22H23N5O3. The van der Waals surface area contributed by atoms with Crippen molar-refractivity contribution in [2.24, 2.45) is 0 Å². The second-order valence-electron chi connectivity index (χ2n) is 6.74. The number of carbonyl (C=O) groups is 1. The van der Waals surface area contributed by atoms with E-state index in [9.17, 15) is 14.9 Å². The van der Waals surface area contributed by atoms with Gasteiger partial charge in [0.2, 0.25) is 5.91 Å². The first-order chi connectivity index (χ1) is 14.6. The first kappa shape index (κ1) is 21.1. The minimum atomic E-state index is -0.606. The van der Waals surface area contributed by atoms with Crippen molar-refractivity contribution < 1.29 is 9.72 Å². The molecule has 0 fully saturated rings. The van der Waals surface area contributed by atoms with Crippen LogP contribution >= 0.6 is 0 Å². The molecule has 1 atom stereocenters. The van der Waals surface area contributed by atoms with E-state index in [1.54, 1.807) is 36.9 Å². The lowest BCUT2D eigenvalue weighted by atomic mass is 10.0. The van der Waals surface area contributed by atoms with E-state index in [4.69, 9.17) is 0 Å². The first-order valence-electron chi connectivity index (χ1n) is 9.67. The zero-order valence-electron chi connectivity index (χ0n) is 16.4. The average molecular weight is 405 g/mol. The molecule has 154 valence electrons. The SMILES string of the molecule is O=C(NCCc1ccncc1)C(NCCc1ccncc1)c1ccc([N+](=O)[O-])cc1. The maximum absolute atomic E-state index is 12.9. The topological polar surface area (TPSA) is 110 Å². The molecule has 2 aromatic heterocycles. The fourth-order valence-corrected chi connectivity index (χ4v) is 3.04. The van der Waals surface area contributed by atoms with Gasteiger partial charge in [-0.05, 0) is 53.8 Å². The molecule has 2 N–H and O–H groups in total. The van der Waals surface area contributed by atoms with Gasteiger partial charge in [-0.3, -0.25) is 24.9 Å². The van der Waals surface area contributed by atoms with Crippen LogP contribution in [0.15, 0.2) is 73.3 Å². The summed E-state index contributed by atoms with van der Waals surface area (Å²) in [6.07, 6.45) is 8.33. The normalized spacial score (nSPS) is 11.6. The molecule has 3 aromatic rings. The van der Waals surface area contributed by atoms with Gasteiger partial charge >= 0.3 is 0 Å². The fraction of sp³-hybridized carbons (Fsp3) is 0.227. The molecule has 0 bridgehead atoms. The lowest BCUT2D eigenvalue weighted by Gasteiger charge is -2.19. The van der Waals surface area contributed by atoms with Gasteiger partial charge < -0.3 is 10.6 Å². The summed E-state index contributed by atoms with van der Waals surface area (Å²) in [7, 11) is 0. The van der Waals surface area contributed by atoms with Crippen LogP contribution in [0, 0.1) is 10.1 Å². The summed E-state index contributed by atoms with van der Waals surface area (Å²) < 4.78 is 0. The van der Waals surface area contributed by atoms with Crippen molar-refractivity contribution in [3.8, 4) is 0 Å². The number of benzene rings is 1. The van der Waals surface area contributed by atoms with Gasteiger partial charge in [0.25, 0.3) is 5.69 Å². The van der Waals surface area contributed by atoms with Crippen LogP contribution in [-0.4, -0.2) is 33.9 Å². The monoisotopic (exact) mass is 405 g/mol. The molecule has 30 heavy (non-hydrogen) atoms. The molecule has 2 heterocycles. The molecule has 0 aliphatic heterocycles. The molecule has 0 aliphatic carbocycles. The van der Waals surface area contributed by atoms with Crippen molar-refractivity contribution in [1.82, 2.24) is 20.6 Å². The molecule has 1 amide bonds. The Morgan fingerprint density at radius 2 is 1.40 bits per heavy atom. The van der Waals surface area contributed by atoms with Crippen molar-refractivity contribution in [3.05, 3.63) is 100 Å². The predicted molar refractivity (Wildman–Crippen MR) is 113 cm³/mol. The van der Waals surface area contributed by atoms with Crippen LogP contribution < -0.4 is 10.6 Å². The number of rotatable bonds is 10. The molecular weight excluding hydrogens is 382 g/mol. The van der Waals surface area contributed by atoms with Gasteiger partial charge in [-0.15, -0.1) is 0 Å². The lowest BCUT2D eigenvalue weighted by molar-refractivity contribution is -0.384. The third-order valence-corrected chi connectivity index (χ3v) is 4.67. The van der Waals surface area contributed by atoms with E-state index < -0.39 is 11.0 Å². The summed E-state index contributed by atoms with van der Waals surface area (Å²) in [6.45, 7) is 1.06. The van der Waals surface area contributed by atoms with Gasteiger partial charge in [-0.2, -0.15) is 0 Å². The van der Waals surface area contributed by atoms with Crippen LogP contribution in [-0.2, 0) is 17.6 Å². The Kier molecular flexibility index (Phi) is 7.57. The average Bonchev–Trinajstić information content (AvgIpc) is 2.78. The van der Waals surface area contributed by atoms with Crippen LogP contribution in [0.4, 0.5) is 5.69 Å². The van der Waals surface area contributed by atoms with Crippen LogP contribution in [0.3, 0.4) is 0 Å². The van der Waals surface area contributed by atoms with Crippen molar-refractivity contribution in [2.45, 2.75) is 18.9 Å². The van der Waals surface area contributed by atoms with E-state index in [1.165, 1.54) is 12.1 Å². The van der Waals surface area contributed by atoms with Gasteiger partial charge in [0.15, 0.2) is 0 Å². The number of nitro groups is 1. The second kappa shape index (κ2) is 10.8. The van der Waals surface area contributed by atoms with E-state index in [2.05, 4.69) is 20.6 Å². The Bertz CT molecular complexity index is 950. The van der Waals surface area contributed by atoms with E-state index in [0.29, 0.717) is 25.1 Å². The predicted octanol–water partition coefficient (Wildman–Crippen LogP) is 2.62. The van der Waals surface area contributed by atoms with E-state index in [1.807, 2.05) is 24.3 Å². The van der Waals surface area contributed by atoms with Gasteiger partial charge in [0, 0.05) is 50.0 Å². The van der Waals surface area contributed by atoms with Gasteiger partial charge in [0.1, 0.15) is 6.04 Å². The fourth-order valence-electron chi connectivity index (χ4n) is 3.04. The highest BCUT2D eigenvalue weighted by Gasteiger charge is 2.20. The summed E-state index contributed by atoms with van der Waals surface area (Å²) in [6, 6.07) is 13.1. The summed E-state index contributed by atoms with van der Waals surface area (Å²) in [5, 5.41) is 17.1. The number of carbonyl (C=O) groups excluding carboxylic acids is 1. The molecule has 1 unspecified atom stereocenters. The molecule has 8 nitrogen and oxygen atoms in total. The molecule has 0 saturated carbocycles. The maximum atomic E-state index is 12.9. The van der Waals surface area contributed by atoms with Gasteiger partial charge in [-0.1, -0.05) is 12.1 Å². The number of hydrogen-bond acceptors (Lipinski definition) is 6. The third-order valence-electron chi connectivity index (χ3n) is 4.67. The van der Waals surface area contributed by atoms with Crippen molar-refractivity contribution in [2.75, 3.05) is 13.1 Å². The zero-order valence-corrected chi connectivity index (χ0v) is 16.4. The quantitative estimate of drug-likeness (QED) is 0.396. The minimum Gasteiger partial charge on any atom is -0.354 e. The van der Waals surface area contributed by atoms with E-state index in [0.717, 1.165) is 17.5 Å². The zero-order chi connectivity index (χ0) is 21.2. The Balaban J connectivity index is 1.64. The van der Waals surface area contributed by atoms with Gasteiger partial charge in [0.05, 0.1) is 4.92 Å². The summed E-state index contributed by atoms with van der Waals surface area (Å²) in [4.78, 5) is 31.3. The number of pyridine rings is 2. The number of aromatic nitrogens is 2. The number of nitrogens with zero attached hydrogens (tertiary/aromatic N) is 3. The summed E-state index contributed by atoms with van der Waals surface area (Å²) >= 11 is 0. The Hall–Kier alpha value is -3.65.